The molecular weight excluding hydrogens is 548 g/mol. The van der Waals surface area contributed by atoms with E-state index in [1.807, 2.05) is 0 Å². The second-order valence-corrected chi connectivity index (χ2v) is 15.1. The number of benzene rings is 3. The van der Waals surface area contributed by atoms with Crippen LogP contribution in [0.5, 0.6) is 17.2 Å². The molecular formula is C36H51ClO3S. The zero-order valence-electron chi connectivity index (χ0n) is 27.1. The zero-order valence-corrected chi connectivity index (χ0v) is 28.6. The maximum absolute atomic E-state index is 11.3. The smallest absolute Gasteiger partial charge is 0.167 e. The molecule has 0 spiro atoms. The standard InChI is InChI=1S/C36H50O3S.ClH/c1-19(2)28-13-25(14-29(20(3)4)34(28)37)40(26-15-30(21(5)6)35(38)31(16-26)22(7)8)27-17-32(23(9)10)36(39)33(18-27)24(11)12;/h13-24H,1-12H3,(H2-,37,38,39);1H. The molecule has 0 atom stereocenters. The average Bonchev–Trinajstić information content (AvgIpc) is 2.85. The monoisotopic (exact) mass is 598 g/mol. The number of hydrogen-bond donors (Lipinski definition) is 3. The highest BCUT2D eigenvalue weighted by Crippen LogP contribution is 2.45. The third-order valence-electron chi connectivity index (χ3n) is 7.87. The van der Waals surface area contributed by atoms with Crippen LogP contribution in [0.2, 0.25) is 0 Å². The molecule has 41 heavy (non-hydrogen) atoms. The predicted molar refractivity (Wildman–Crippen MR) is 171 cm³/mol. The van der Waals surface area contributed by atoms with Gasteiger partial charge in [-0.15, -0.1) is 0 Å². The van der Waals surface area contributed by atoms with Crippen molar-refractivity contribution in [2.75, 3.05) is 0 Å². The summed E-state index contributed by atoms with van der Waals surface area (Å²) in [4.78, 5) is 3.45. The summed E-state index contributed by atoms with van der Waals surface area (Å²) < 4.78 is 0. The lowest BCUT2D eigenvalue weighted by Crippen LogP contribution is -3.00. The molecule has 0 aromatic heterocycles. The van der Waals surface area contributed by atoms with Gasteiger partial charge in [-0.2, -0.15) is 0 Å². The van der Waals surface area contributed by atoms with Gasteiger partial charge in [0.15, 0.2) is 14.7 Å². The van der Waals surface area contributed by atoms with Crippen LogP contribution in [0.15, 0.2) is 51.1 Å². The Hall–Kier alpha value is -2.30. The van der Waals surface area contributed by atoms with Crippen molar-refractivity contribution in [1.82, 2.24) is 0 Å². The van der Waals surface area contributed by atoms with E-state index in [4.69, 9.17) is 0 Å². The van der Waals surface area contributed by atoms with Gasteiger partial charge in [-0.3, -0.25) is 0 Å². The first-order valence-corrected chi connectivity index (χ1v) is 16.1. The van der Waals surface area contributed by atoms with Crippen LogP contribution in [-0.2, 0) is 10.9 Å². The quantitative estimate of drug-likeness (QED) is 0.222. The Morgan fingerprint density at radius 2 is 0.512 bits per heavy atom. The Balaban J connectivity index is 0.00000588. The molecule has 3 aromatic rings. The highest BCUT2D eigenvalue weighted by molar-refractivity contribution is 7.97. The molecule has 0 aliphatic heterocycles. The number of rotatable bonds is 9. The third kappa shape index (κ3) is 7.20. The van der Waals surface area contributed by atoms with E-state index >= 15 is 0 Å². The van der Waals surface area contributed by atoms with E-state index in [0.717, 1.165) is 48.1 Å². The number of hydrogen-bond acceptors (Lipinski definition) is 3. The van der Waals surface area contributed by atoms with Crippen LogP contribution in [0.1, 0.15) is 152 Å². The minimum absolute atomic E-state index is 0. The Morgan fingerprint density at radius 3 is 0.634 bits per heavy atom. The van der Waals surface area contributed by atoms with Crippen LogP contribution in [-0.4, -0.2) is 15.3 Å². The summed E-state index contributed by atoms with van der Waals surface area (Å²) in [5.74, 6) is 2.17. The van der Waals surface area contributed by atoms with Crippen molar-refractivity contribution in [3.05, 3.63) is 69.8 Å². The van der Waals surface area contributed by atoms with Crippen molar-refractivity contribution in [3.8, 4) is 17.2 Å². The van der Waals surface area contributed by atoms with Crippen molar-refractivity contribution in [2.45, 2.75) is 133 Å². The molecule has 0 aliphatic carbocycles. The molecule has 226 valence electrons. The maximum atomic E-state index is 11.3. The number of aromatic hydroxyl groups is 3. The molecule has 0 aliphatic rings. The van der Waals surface area contributed by atoms with E-state index in [9.17, 15) is 15.3 Å². The first-order valence-electron chi connectivity index (χ1n) is 14.9. The Bertz CT molecular complexity index is 1100. The topological polar surface area (TPSA) is 60.7 Å². The van der Waals surface area contributed by atoms with Crippen molar-refractivity contribution >= 4 is 10.9 Å². The van der Waals surface area contributed by atoms with E-state index in [2.05, 4.69) is 119 Å². The van der Waals surface area contributed by atoms with Gasteiger partial charge in [-0.1, -0.05) is 83.1 Å². The number of halogens is 1. The van der Waals surface area contributed by atoms with Gasteiger partial charge in [0.25, 0.3) is 0 Å². The third-order valence-corrected chi connectivity index (χ3v) is 9.99. The van der Waals surface area contributed by atoms with Crippen LogP contribution >= 0.6 is 0 Å². The molecule has 0 saturated heterocycles. The van der Waals surface area contributed by atoms with E-state index in [0.29, 0.717) is 17.2 Å². The first-order chi connectivity index (χ1) is 18.6. The summed E-state index contributed by atoms with van der Waals surface area (Å²) in [6.07, 6.45) is 0. The molecule has 3 N–H and O–H groups in total. The number of phenolic OH excluding ortho intramolecular Hbond substituents is 3. The van der Waals surface area contributed by atoms with Crippen molar-refractivity contribution in [1.29, 1.82) is 0 Å². The molecule has 0 unspecified atom stereocenters. The predicted octanol–water partition coefficient (Wildman–Crippen LogP) is 7.64. The fraction of sp³-hybridized carbons (Fsp3) is 0.500. The molecule has 0 fully saturated rings. The molecule has 3 aromatic carbocycles. The Labute approximate surface area is 258 Å². The van der Waals surface area contributed by atoms with E-state index in [1.54, 1.807) is 0 Å². The summed E-state index contributed by atoms with van der Waals surface area (Å²) in [6, 6.07) is 13.1. The van der Waals surface area contributed by atoms with Crippen LogP contribution in [0.3, 0.4) is 0 Å². The zero-order chi connectivity index (χ0) is 30.2. The van der Waals surface area contributed by atoms with Gasteiger partial charge < -0.3 is 27.7 Å². The summed E-state index contributed by atoms with van der Waals surface area (Å²) in [7, 11) is -0.534. The minimum Gasteiger partial charge on any atom is -1.00 e. The van der Waals surface area contributed by atoms with Crippen LogP contribution in [0, 0.1) is 0 Å². The molecule has 0 amide bonds. The van der Waals surface area contributed by atoms with Gasteiger partial charge in [-0.25, -0.2) is 0 Å². The maximum Gasteiger partial charge on any atom is 0.167 e. The average molecular weight is 599 g/mol. The lowest BCUT2D eigenvalue weighted by atomic mass is 9.94. The molecule has 3 nitrogen and oxygen atoms in total. The molecule has 0 bridgehead atoms. The van der Waals surface area contributed by atoms with Crippen LogP contribution in [0.4, 0.5) is 0 Å². The SMILES string of the molecule is CC(C)c1cc([S+](c2cc(C(C)C)c(O)c(C(C)C)c2)c2cc(C(C)C)c(O)c(C(C)C)c2)cc(C(C)C)c1O.[Cl-]. The summed E-state index contributed by atoms with van der Waals surface area (Å²) in [5.41, 5.74) is 5.74. The largest absolute Gasteiger partial charge is 1.00 e. The highest BCUT2D eigenvalue weighted by Gasteiger charge is 2.35. The van der Waals surface area contributed by atoms with E-state index < -0.39 is 10.9 Å². The number of phenols is 3. The van der Waals surface area contributed by atoms with Gasteiger partial charge >= 0.3 is 0 Å². The van der Waals surface area contributed by atoms with Crippen LogP contribution < -0.4 is 12.4 Å². The van der Waals surface area contributed by atoms with Crippen molar-refractivity contribution in [3.63, 3.8) is 0 Å². The van der Waals surface area contributed by atoms with E-state index in [-0.39, 0.29) is 47.9 Å². The summed E-state index contributed by atoms with van der Waals surface area (Å²) >= 11 is 0. The minimum atomic E-state index is -0.534. The second kappa shape index (κ2) is 13.8. The highest BCUT2D eigenvalue weighted by atomic mass is 35.5. The fourth-order valence-electron chi connectivity index (χ4n) is 5.36. The second-order valence-electron chi connectivity index (χ2n) is 13.1. The van der Waals surface area contributed by atoms with E-state index in [1.165, 1.54) is 0 Å². The first kappa shape index (κ1) is 34.9. The van der Waals surface area contributed by atoms with Gasteiger partial charge in [0, 0.05) is 69.8 Å². The van der Waals surface area contributed by atoms with Gasteiger partial charge in [0.1, 0.15) is 17.2 Å². The Morgan fingerprint density at radius 1 is 0.366 bits per heavy atom. The van der Waals surface area contributed by atoms with Gasteiger partial charge in [0.2, 0.25) is 0 Å². The molecule has 0 saturated carbocycles. The van der Waals surface area contributed by atoms with Crippen molar-refractivity contribution < 1.29 is 27.7 Å². The lowest BCUT2D eigenvalue weighted by molar-refractivity contribution is -0.0000122. The van der Waals surface area contributed by atoms with Gasteiger partial charge in [0.05, 0.1) is 10.9 Å². The normalized spacial score (nSPS) is 12.1. The summed E-state index contributed by atoms with van der Waals surface area (Å²) in [5, 5.41) is 33.8. The molecule has 0 heterocycles. The molecule has 0 radical (unpaired) electrons. The Kier molecular flexibility index (Phi) is 11.7. The summed E-state index contributed by atoms with van der Waals surface area (Å²) in [6.45, 7) is 25.5. The van der Waals surface area contributed by atoms with Gasteiger partial charge in [-0.05, 0) is 35.5 Å². The molecule has 5 heteroatoms. The lowest BCUT2D eigenvalue weighted by Gasteiger charge is -2.21. The van der Waals surface area contributed by atoms with Crippen LogP contribution in [0.25, 0.3) is 0 Å². The molecule has 3 rings (SSSR count). The fourth-order valence-corrected chi connectivity index (χ4v) is 7.64. The van der Waals surface area contributed by atoms with Crippen molar-refractivity contribution in [2.24, 2.45) is 0 Å².